The summed E-state index contributed by atoms with van der Waals surface area (Å²) in [4.78, 5) is 10.7. The maximum absolute atomic E-state index is 10.7. The van der Waals surface area contributed by atoms with E-state index in [1.54, 1.807) is 0 Å². The molecular formula is C44H24N4. The number of nitrogens with zero attached hydrogens (tertiary/aromatic N) is 4. The summed E-state index contributed by atoms with van der Waals surface area (Å²) in [5.41, 5.74) is 11.5. The van der Waals surface area contributed by atoms with Gasteiger partial charge in [-0.3, -0.25) is 0 Å². The molecule has 0 saturated heterocycles. The van der Waals surface area contributed by atoms with Crippen molar-refractivity contribution in [1.29, 1.82) is 10.5 Å². The fourth-order valence-corrected chi connectivity index (χ4v) is 8.41. The van der Waals surface area contributed by atoms with Crippen LogP contribution in [0.5, 0.6) is 0 Å². The first kappa shape index (κ1) is 26.6. The molecule has 48 heavy (non-hydrogen) atoms. The lowest BCUT2D eigenvalue weighted by atomic mass is 9.59. The molecule has 2 bridgehead atoms. The third kappa shape index (κ3) is 3.52. The minimum absolute atomic E-state index is 0.102. The van der Waals surface area contributed by atoms with Gasteiger partial charge in [-0.05, 0) is 67.7 Å². The molecule has 4 nitrogen and oxygen atoms in total. The molecule has 0 aliphatic heterocycles. The summed E-state index contributed by atoms with van der Waals surface area (Å²) in [5, 5.41) is 26.4. The molecule has 0 radical (unpaired) electrons. The van der Waals surface area contributed by atoms with Crippen molar-refractivity contribution in [2.24, 2.45) is 0 Å². The Balaban J connectivity index is 1.30. The molecular weight excluding hydrogens is 585 g/mol. The third-order valence-corrected chi connectivity index (χ3v) is 10.3. The largest absolute Gasteiger partial charge is 0.227 e. The lowest BCUT2D eigenvalue weighted by molar-refractivity contribution is 0.750. The van der Waals surface area contributed by atoms with E-state index in [1.165, 1.54) is 16.5 Å². The SMILES string of the molecule is N#Cc1cccc2c1C1c3ccccc3C2c2cc(-c3nc(-c4ccccc4)c4c5ccccc5c5ccccc5c4n3)cc(C#N)c21. The predicted octanol–water partition coefficient (Wildman–Crippen LogP) is 10.0. The Morgan fingerprint density at radius 3 is 1.81 bits per heavy atom. The van der Waals surface area contributed by atoms with E-state index in [2.05, 4.69) is 109 Å². The van der Waals surface area contributed by atoms with Crippen molar-refractivity contribution in [3.8, 4) is 34.8 Å². The van der Waals surface area contributed by atoms with Gasteiger partial charge in [0.15, 0.2) is 5.82 Å². The molecule has 4 heteroatoms. The van der Waals surface area contributed by atoms with Crippen LogP contribution in [-0.2, 0) is 0 Å². The summed E-state index contributed by atoms with van der Waals surface area (Å²) in [6.45, 7) is 0. The number of benzene rings is 7. The summed E-state index contributed by atoms with van der Waals surface area (Å²) in [6, 6.07) is 50.9. The fraction of sp³-hybridized carbons (Fsp3) is 0.0455. The van der Waals surface area contributed by atoms with Crippen molar-refractivity contribution in [3.05, 3.63) is 178 Å². The number of hydrogen-bond donors (Lipinski definition) is 0. The highest BCUT2D eigenvalue weighted by Crippen LogP contribution is 2.57. The van der Waals surface area contributed by atoms with Gasteiger partial charge in [-0.15, -0.1) is 0 Å². The maximum atomic E-state index is 10.7. The average molecular weight is 609 g/mol. The normalized spacial score (nSPS) is 15.5. The zero-order chi connectivity index (χ0) is 31.9. The lowest BCUT2D eigenvalue weighted by Gasteiger charge is -2.43. The van der Waals surface area contributed by atoms with Gasteiger partial charge in [-0.1, -0.05) is 115 Å². The van der Waals surface area contributed by atoms with Crippen LogP contribution < -0.4 is 0 Å². The molecule has 220 valence electrons. The molecule has 7 aromatic carbocycles. The van der Waals surface area contributed by atoms with Gasteiger partial charge < -0.3 is 0 Å². The topological polar surface area (TPSA) is 73.4 Å². The van der Waals surface area contributed by atoms with Gasteiger partial charge in [0.2, 0.25) is 0 Å². The van der Waals surface area contributed by atoms with Crippen LogP contribution in [0.25, 0.3) is 55.1 Å². The molecule has 0 amide bonds. The Labute approximate surface area is 276 Å². The van der Waals surface area contributed by atoms with E-state index in [9.17, 15) is 10.5 Å². The molecule has 0 N–H and O–H groups in total. The van der Waals surface area contributed by atoms with Crippen LogP contribution in [0.2, 0.25) is 0 Å². The summed E-state index contributed by atoms with van der Waals surface area (Å²) >= 11 is 0. The van der Waals surface area contributed by atoms with E-state index in [1.807, 2.05) is 36.4 Å². The van der Waals surface area contributed by atoms with Crippen LogP contribution in [-0.4, -0.2) is 9.97 Å². The monoisotopic (exact) mass is 608 g/mol. The first-order valence-corrected chi connectivity index (χ1v) is 16.1. The second kappa shape index (κ2) is 9.94. The van der Waals surface area contributed by atoms with Gasteiger partial charge in [0.25, 0.3) is 0 Å². The molecule has 2 atom stereocenters. The molecule has 8 aromatic rings. The van der Waals surface area contributed by atoms with E-state index in [4.69, 9.17) is 9.97 Å². The molecule has 0 spiro atoms. The fourth-order valence-electron chi connectivity index (χ4n) is 8.41. The number of fused-ring (bicyclic) bond motifs is 6. The molecule has 1 heterocycles. The molecule has 2 unspecified atom stereocenters. The van der Waals surface area contributed by atoms with Gasteiger partial charge in [-0.2, -0.15) is 10.5 Å². The standard InChI is InChI=1S/C44H24N4/c45-23-26-13-10-20-35-37(26)40-33-18-8-7-17-32(33)39(35)36-22-27(21-28(24-46)38(36)40)44-47-42(25-11-2-1-3-12-25)41-31-16-6-4-14-29(31)30-15-5-9-19-34(30)43(41)48-44/h1-22,39-40H. The Kier molecular flexibility index (Phi) is 5.50. The highest BCUT2D eigenvalue weighted by molar-refractivity contribution is 6.27. The van der Waals surface area contributed by atoms with Crippen molar-refractivity contribution in [1.82, 2.24) is 9.97 Å². The molecule has 0 fully saturated rings. The molecule has 0 saturated carbocycles. The van der Waals surface area contributed by atoms with Gasteiger partial charge in [0.05, 0.1) is 34.5 Å². The summed E-state index contributed by atoms with van der Waals surface area (Å²) in [7, 11) is 0. The molecule has 3 aliphatic rings. The van der Waals surface area contributed by atoms with Crippen LogP contribution in [0, 0.1) is 22.7 Å². The van der Waals surface area contributed by atoms with Crippen LogP contribution in [0.1, 0.15) is 56.3 Å². The van der Waals surface area contributed by atoms with Crippen molar-refractivity contribution in [3.63, 3.8) is 0 Å². The minimum atomic E-state index is -0.191. The number of nitriles is 2. The average Bonchev–Trinajstić information content (AvgIpc) is 3.16. The van der Waals surface area contributed by atoms with E-state index >= 15 is 0 Å². The first-order valence-electron chi connectivity index (χ1n) is 16.1. The summed E-state index contributed by atoms with van der Waals surface area (Å²) in [6.07, 6.45) is 0. The maximum Gasteiger partial charge on any atom is 0.160 e. The van der Waals surface area contributed by atoms with Crippen molar-refractivity contribution >= 4 is 32.4 Å². The number of rotatable bonds is 2. The van der Waals surface area contributed by atoms with Gasteiger partial charge >= 0.3 is 0 Å². The van der Waals surface area contributed by atoms with Gasteiger partial charge in [0.1, 0.15) is 0 Å². The number of aromatic nitrogens is 2. The smallest absolute Gasteiger partial charge is 0.160 e. The van der Waals surface area contributed by atoms with Crippen LogP contribution >= 0.6 is 0 Å². The minimum Gasteiger partial charge on any atom is -0.227 e. The van der Waals surface area contributed by atoms with Crippen LogP contribution in [0.3, 0.4) is 0 Å². The van der Waals surface area contributed by atoms with E-state index in [0.29, 0.717) is 17.0 Å². The van der Waals surface area contributed by atoms with Crippen molar-refractivity contribution < 1.29 is 0 Å². The molecule has 1 aromatic heterocycles. The zero-order valence-electron chi connectivity index (χ0n) is 25.6. The summed E-state index contributed by atoms with van der Waals surface area (Å²) < 4.78 is 0. The second-order valence-electron chi connectivity index (χ2n) is 12.6. The Hall–Kier alpha value is -6.62. The second-order valence-corrected chi connectivity index (χ2v) is 12.6. The van der Waals surface area contributed by atoms with Crippen molar-refractivity contribution in [2.75, 3.05) is 0 Å². The summed E-state index contributed by atoms with van der Waals surface area (Å²) in [5.74, 6) is 0.292. The quantitative estimate of drug-likeness (QED) is 0.183. The van der Waals surface area contributed by atoms with Gasteiger partial charge in [-0.25, -0.2) is 9.97 Å². The van der Waals surface area contributed by atoms with Crippen LogP contribution in [0.4, 0.5) is 0 Å². The van der Waals surface area contributed by atoms with E-state index < -0.39 is 0 Å². The number of hydrogen-bond acceptors (Lipinski definition) is 4. The van der Waals surface area contributed by atoms with Gasteiger partial charge in [0, 0.05) is 33.7 Å². The third-order valence-electron chi connectivity index (χ3n) is 10.3. The molecule has 3 aliphatic carbocycles. The predicted molar refractivity (Wildman–Crippen MR) is 190 cm³/mol. The lowest BCUT2D eigenvalue weighted by Crippen LogP contribution is -2.29. The molecule has 11 rings (SSSR count). The highest BCUT2D eigenvalue weighted by Gasteiger charge is 2.44. The Morgan fingerprint density at radius 2 is 1.06 bits per heavy atom. The zero-order valence-corrected chi connectivity index (χ0v) is 25.6. The van der Waals surface area contributed by atoms with E-state index in [-0.39, 0.29) is 11.8 Å². The highest BCUT2D eigenvalue weighted by atomic mass is 14.9. The van der Waals surface area contributed by atoms with Crippen molar-refractivity contribution in [2.45, 2.75) is 11.8 Å². The van der Waals surface area contributed by atoms with E-state index in [0.717, 1.165) is 66.1 Å². The Morgan fingerprint density at radius 1 is 0.458 bits per heavy atom. The van der Waals surface area contributed by atoms with Crippen LogP contribution in [0.15, 0.2) is 133 Å². The Bertz CT molecular complexity index is 2770. The first-order chi connectivity index (χ1) is 23.7.